The molecular formula is C11H17N5O. The standard InChI is InChI=1S/C11H17N5O/c1-16(7-11(17)15-8-2-3-8)6-9-4-14-10(12)5-13-9/h4-5,8H,2-3,6-7H2,1H3,(H2,12,14)(H,15,17). The molecule has 0 atom stereocenters. The minimum atomic E-state index is 0.0680. The van der Waals surface area contributed by atoms with Gasteiger partial charge in [0.05, 0.1) is 24.6 Å². The second-order valence-corrected chi connectivity index (χ2v) is 4.45. The van der Waals surface area contributed by atoms with Crippen LogP contribution in [0.15, 0.2) is 12.4 Å². The van der Waals surface area contributed by atoms with Gasteiger partial charge in [0, 0.05) is 12.6 Å². The molecule has 0 spiro atoms. The number of carbonyl (C=O) groups excluding carboxylic acids is 1. The Hall–Kier alpha value is -1.69. The van der Waals surface area contributed by atoms with Crippen molar-refractivity contribution in [1.29, 1.82) is 0 Å². The number of nitrogens with one attached hydrogen (secondary N) is 1. The predicted octanol–water partition coefficient (Wildman–Crippen LogP) is -0.231. The monoisotopic (exact) mass is 235 g/mol. The summed E-state index contributed by atoms with van der Waals surface area (Å²) in [6, 6.07) is 0.409. The summed E-state index contributed by atoms with van der Waals surface area (Å²) < 4.78 is 0. The lowest BCUT2D eigenvalue weighted by Crippen LogP contribution is -2.36. The number of anilines is 1. The van der Waals surface area contributed by atoms with Crippen LogP contribution in [0.5, 0.6) is 0 Å². The van der Waals surface area contributed by atoms with Gasteiger partial charge in [-0.3, -0.25) is 14.7 Å². The van der Waals surface area contributed by atoms with Gasteiger partial charge in [-0.1, -0.05) is 0 Å². The normalized spacial score (nSPS) is 14.9. The molecule has 1 aromatic rings. The molecule has 17 heavy (non-hydrogen) atoms. The highest BCUT2D eigenvalue weighted by Gasteiger charge is 2.23. The van der Waals surface area contributed by atoms with Crippen LogP contribution in [0.1, 0.15) is 18.5 Å². The maximum Gasteiger partial charge on any atom is 0.234 e. The van der Waals surface area contributed by atoms with E-state index in [0.717, 1.165) is 18.5 Å². The highest BCUT2D eigenvalue weighted by Crippen LogP contribution is 2.18. The number of amides is 1. The Kier molecular flexibility index (Phi) is 3.53. The molecule has 2 rings (SSSR count). The minimum absolute atomic E-state index is 0.0680. The van der Waals surface area contributed by atoms with E-state index in [1.54, 1.807) is 6.20 Å². The van der Waals surface area contributed by atoms with Crippen LogP contribution in [0.25, 0.3) is 0 Å². The Labute approximate surface area is 100 Å². The highest BCUT2D eigenvalue weighted by molar-refractivity contribution is 5.78. The third kappa shape index (κ3) is 3.99. The number of hydrogen-bond acceptors (Lipinski definition) is 5. The number of nitrogens with zero attached hydrogens (tertiary/aromatic N) is 3. The van der Waals surface area contributed by atoms with Crippen molar-refractivity contribution in [2.75, 3.05) is 19.3 Å². The van der Waals surface area contributed by atoms with Gasteiger partial charge in [0.1, 0.15) is 5.82 Å². The van der Waals surface area contributed by atoms with Crippen LogP contribution in [-0.4, -0.2) is 40.4 Å². The fraction of sp³-hybridized carbons (Fsp3) is 0.545. The molecule has 6 nitrogen and oxygen atoms in total. The van der Waals surface area contributed by atoms with Gasteiger partial charge in [0.25, 0.3) is 0 Å². The smallest absolute Gasteiger partial charge is 0.234 e. The Morgan fingerprint density at radius 3 is 2.88 bits per heavy atom. The molecule has 1 aromatic heterocycles. The maximum atomic E-state index is 11.5. The predicted molar refractivity (Wildman–Crippen MR) is 63.9 cm³/mol. The number of likely N-dealkylation sites (N-methyl/N-ethyl adjacent to an activating group) is 1. The van der Waals surface area contributed by atoms with Gasteiger partial charge in [-0.05, 0) is 19.9 Å². The molecule has 0 unspecified atom stereocenters. The first-order chi connectivity index (χ1) is 8.13. The third-order valence-electron chi connectivity index (χ3n) is 2.51. The zero-order chi connectivity index (χ0) is 12.3. The molecule has 6 heteroatoms. The lowest BCUT2D eigenvalue weighted by atomic mass is 10.4. The Morgan fingerprint density at radius 2 is 2.29 bits per heavy atom. The average Bonchev–Trinajstić information content (AvgIpc) is 3.05. The molecule has 1 heterocycles. The summed E-state index contributed by atoms with van der Waals surface area (Å²) in [4.78, 5) is 21.5. The molecule has 1 aliphatic carbocycles. The van der Waals surface area contributed by atoms with Gasteiger partial charge in [-0.2, -0.15) is 0 Å². The summed E-state index contributed by atoms with van der Waals surface area (Å²) in [5.41, 5.74) is 6.26. The molecule has 0 saturated heterocycles. The van der Waals surface area contributed by atoms with Crippen LogP contribution < -0.4 is 11.1 Å². The summed E-state index contributed by atoms with van der Waals surface area (Å²) >= 11 is 0. The van der Waals surface area contributed by atoms with E-state index in [0.29, 0.717) is 24.9 Å². The molecule has 0 aliphatic heterocycles. The van der Waals surface area contributed by atoms with E-state index in [2.05, 4.69) is 15.3 Å². The van der Waals surface area contributed by atoms with E-state index in [1.807, 2.05) is 11.9 Å². The summed E-state index contributed by atoms with van der Waals surface area (Å²) in [6.45, 7) is 0.966. The van der Waals surface area contributed by atoms with Crippen LogP contribution >= 0.6 is 0 Å². The van der Waals surface area contributed by atoms with Crippen LogP contribution in [0.3, 0.4) is 0 Å². The number of hydrogen-bond donors (Lipinski definition) is 2. The van der Waals surface area contributed by atoms with E-state index in [-0.39, 0.29) is 5.91 Å². The fourth-order valence-electron chi connectivity index (χ4n) is 1.52. The molecule has 3 N–H and O–H groups in total. The first-order valence-corrected chi connectivity index (χ1v) is 5.68. The topological polar surface area (TPSA) is 84.1 Å². The largest absolute Gasteiger partial charge is 0.382 e. The lowest BCUT2D eigenvalue weighted by molar-refractivity contribution is -0.122. The van der Waals surface area contributed by atoms with Crippen molar-refractivity contribution in [3.8, 4) is 0 Å². The van der Waals surface area contributed by atoms with Gasteiger partial charge >= 0.3 is 0 Å². The summed E-state index contributed by atoms with van der Waals surface area (Å²) in [7, 11) is 1.88. The van der Waals surface area contributed by atoms with Crippen molar-refractivity contribution in [2.24, 2.45) is 0 Å². The maximum absolute atomic E-state index is 11.5. The highest BCUT2D eigenvalue weighted by atomic mass is 16.2. The molecular weight excluding hydrogens is 218 g/mol. The molecule has 1 fully saturated rings. The number of nitrogens with two attached hydrogens (primary N) is 1. The van der Waals surface area contributed by atoms with Crippen molar-refractivity contribution >= 4 is 11.7 Å². The fourth-order valence-corrected chi connectivity index (χ4v) is 1.52. The molecule has 1 amide bonds. The minimum Gasteiger partial charge on any atom is -0.382 e. The van der Waals surface area contributed by atoms with E-state index < -0.39 is 0 Å². The zero-order valence-corrected chi connectivity index (χ0v) is 9.89. The summed E-state index contributed by atoms with van der Waals surface area (Å²) in [5, 5.41) is 2.94. The van der Waals surface area contributed by atoms with Crippen molar-refractivity contribution in [2.45, 2.75) is 25.4 Å². The van der Waals surface area contributed by atoms with Gasteiger partial charge in [0.2, 0.25) is 5.91 Å². The van der Waals surface area contributed by atoms with Crippen molar-refractivity contribution in [3.05, 3.63) is 18.1 Å². The molecule has 1 aliphatic rings. The second-order valence-electron chi connectivity index (χ2n) is 4.45. The molecule has 0 bridgehead atoms. The quantitative estimate of drug-likeness (QED) is 0.736. The SMILES string of the molecule is CN(CC(=O)NC1CC1)Cc1cnc(N)cn1. The Bertz CT molecular complexity index is 387. The van der Waals surface area contributed by atoms with E-state index in [4.69, 9.17) is 5.73 Å². The first-order valence-electron chi connectivity index (χ1n) is 5.68. The van der Waals surface area contributed by atoms with Crippen LogP contribution in [0.2, 0.25) is 0 Å². The van der Waals surface area contributed by atoms with Crippen LogP contribution in [0.4, 0.5) is 5.82 Å². The van der Waals surface area contributed by atoms with Crippen LogP contribution in [0, 0.1) is 0 Å². The summed E-state index contributed by atoms with van der Waals surface area (Å²) in [6.07, 6.45) is 5.37. The number of rotatable bonds is 5. The number of aromatic nitrogens is 2. The van der Waals surface area contributed by atoms with E-state index in [9.17, 15) is 4.79 Å². The first kappa shape index (κ1) is 11.8. The number of nitrogen functional groups attached to an aromatic ring is 1. The number of carbonyl (C=O) groups is 1. The zero-order valence-electron chi connectivity index (χ0n) is 9.89. The van der Waals surface area contributed by atoms with Crippen LogP contribution in [-0.2, 0) is 11.3 Å². The third-order valence-corrected chi connectivity index (χ3v) is 2.51. The Balaban J connectivity index is 1.77. The van der Waals surface area contributed by atoms with E-state index in [1.165, 1.54) is 6.20 Å². The van der Waals surface area contributed by atoms with Gasteiger partial charge in [0.15, 0.2) is 0 Å². The van der Waals surface area contributed by atoms with Gasteiger partial charge < -0.3 is 11.1 Å². The van der Waals surface area contributed by atoms with E-state index >= 15 is 0 Å². The summed E-state index contributed by atoms with van der Waals surface area (Å²) in [5.74, 6) is 0.473. The molecule has 1 saturated carbocycles. The van der Waals surface area contributed by atoms with Crippen molar-refractivity contribution < 1.29 is 4.79 Å². The Morgan fingerprint density at radius 1 is 1.53 bits per heavy atom. The molecule has 0 aromatic carbocycles. The second kappa shape index (κ2) is 5.09. The lowest BCUT2D eigenvalue weighted by Gasteiger charge is -2.15. The molecule has 92 valence electrons. The van der Waals surface area contributed by atoms with Gasteiger partial charge in [-0.25, -0.2) is 4.98 Å². The van der Waals surface area contributed by atoms with Gasteiger partial charge in [-0.15, -0.1) is 0 Å². The van der Waals surface area contributed by atoms with Crippen molar-refractivity contribution in [1.82, 2.24) is 20.2 Å². The average molecular weight is 235 g/mol. The van der Waals surface area contributed by atoms with Crippen molar-refractivity contribution in [3.63, 3.8) is 0 Å². The molecule has 0 radical (unpaired) electrons.